The summed E-state index contributed by atoms with van der Waals surface area (Å²) in [5, 5.41) is 36.6. The van der Waals surface area contributed by atoms with Crippen molar-refractivity contribution in [3.63, 3.8) is 0 Å². The molecule has 0 saturated carbocycles. The molecule has 0 aromatic rings. The third-order valence-electron chi connectivity index (χ3n) is 2.43. The van der Waals surface area contributed by atoms with E-state index in [0.29, 0.717) is 6.08 Å². The Hall–Kier alpha value is -1.40. The van der Waals surface area contributed by atoms with Crippen molar-refractivity contribution < 1.29 is 30.0 Å². The molecule has 0 spiro atoms. The number of carboxylic acid groups (broad SMARTS) is 2. The van der Waals surface area contributed by atoms with Gasteiger partial charge in [-0.2, -0.15) is 0 Å². The molecule has 0 aromatic heterocycles. The van der Waals surface area contributed by atoms with Crippen LogP contribution in [0.1, 0.15) is 27.2 Å². The lowest BCUT2D eigenvalue weighted by Crippen LogP contribution is -2.48. The molecule has 0 aliphatic carbocycles. The van der Waals surface area contributed by atoms with E-state index >= 15 is 0 Å². The predicted octanol–water partition coefficient (Wildman–Crippen LogP) is -0.00600. The molecule has 1 unspecified atom stereocenters. The SMILES string of the molecule is CC(C)(O)C(C)(O)C/C(=C/C(=O)O)C(=O)O. The van der Waals surface area contributed by atoms with E-state index in [9.17, 15) is 19.8 Å². The van der Waals surface area contributed by atoms with E-state index in [0.717, 1.165) is 0 Å². The second-order valence-electron chi connectivity index (χ2n) is 4.32. The third-order valence-corrected chi connectivity index (χ3v) is 2.43. The van der Waals surface area contributed by atoms with E-state index in [1.807, 2.05) is 0 Å². The predicted molar refractivity (Wildman–Crippen MR) is 54.9 cm³/mol. The fourth-order valence-corrected chi connectivity index (χ4v) is 0.925. The van der Waals surface area contributed by atoms with Gasteiger partial charge in [0.15, 0.2) is 0 Å². The minimum Gasteiger partial charge on any atom is -0.478 e. The van der Waals surface area contributed by atoms with Gasteiger partial charge >= 0.3 is 11.9 Å². The van der Waals surface area contributed by atoms with E-state index in [2.05, 4.69) is 0 Å². The molecule has 0 aliphatic heterocycles. The summed E-state index contributed by atoms with van der Waals surface area (Å²) in [6, 6.07) is 0. The Morgan fingerprint density at radius 2 is 1.56 bits per heavy atom. The summed E-state index contributed by atoms with van der Waals surface area (Å²) >= 11 is 0. The molecule has 16 heavy (non-hydrogen) atoms. The van der Waals surface area contributed by atoms with E-state index in [-0.39, 0.29) is 0 Å². The lowest BCUT2D eigenvalue weighted by molar-refractivity contribution is -0.139. The standard InChI is InChI=1S/C10H16O6/c1-9(2,15)10(3,16)5-6(8(13)14)4-7(11)12/h4,15-16H,5H2,1-3H3,(H,11,12)(H,13,14)/b6-4-. The Labute approximate surface area is 92.8 Å². The van der Waals surface area contributed by atoms with Crippen LogP contribution in [0.25, 0.3) is 0 Å². The molecule has 0 aromatic carbocycles. The van der Waals surface area contributed by atoms with Crippen molar-refractivity contribution in [3.8, 4) is 0 Å². The normalized spacial score (nSPS) is 16.7. The molecule has 0 saturated heterocycles. The van der Waals surface area contributed by atoms with Crippen LogP contribution in [0.4, 0.5) is 0 Å². The smallest absolute Gasteiger partial charge is 0.331 e. The van der Waals surface area contributed by atoms with E-state index < -0.39 is 35.1 Å². The van der Waals surface area contributed by atoms with Gasteiger partial charge in [-0.05, 0) is 20.8 Å². The molecule has 92 valence electrons. The first-order chi connectivity index (χ1) is 6.97. The van der Waals surface area contributed by atoms with E-state index in [1.54, 1.807) is 0 Å². The Kier molecular flexibility index (Phi) is 4.22. The molecule has 0 amide bonds. The van der Waals surface area contributed by atoms with Crippen LogP contribution < -0.4 is 0 Å². The number of hydrogen-bond donors (Lipinski definition) is 4. The van der Waals surface area contributed by atoms with Gasteiger partial charge in [0.05, 0.1) is 11.2 Å². The van der Waals surface area contributed by atoms with Crippen LogP contribution in [-0.2, 0) is 9.59 Å². The summed E-state index contributed by atoms with van der Waals surface area (Å²) in [5.41, 5.74) is -3.74. The number of aliphatic hydroxyl groups is 2. The lowest BCUT2D eigenvalue weighted by Gasteiger charge is -2.35. The maximum Gasteiger partial charge on any atom is 0.331 e. The summed E-state index contributed by atoms with van der Waals surface area (Å²) in [4.78, 5) is 21.1. The monoisotopic (exact) mass is 232 g/mol. The van der Waals surface area contributed by atoms with Crippen LogP contribution in [0.2, 0.25) is 0 Å². The third kappa shape index (κ3) is 4.00. The van der Waals surface area contributed by atoms with Crippen molar-refractivity contribution in [1.82, 2.24) is 0 Å². The second-order valence-corrected chi connectivity index (χ2v) is 4.32. The van der Waals surface area contributed by atoms with Gasteiger partial charge in [-0.3, -0.25) is 0 Å². The summed E-state index contributed by atoms with van der Waals surface area (Å²) in [6.07, 6.45) is 0.0423. The highest BCUT2D eigenvalue weighted by Gasteiger charge is 2.39. The van der Waals surface area contributed by atoms with Crippen molar-refractivity contribution >= 4 is 11.9 Å². The zero-order valence-electron chi connectivity index (χ0n) is 9.39. The Morgan fingerprint density at radius 3 is 1.81 bits per heavy atom. The molecule has 4 N–H and O–H groups in total. The zero-order chi connectivity index (χ0) is 13.1. The van der Waals surface area contributed by atoms with E-state index in [4.69, 9.17) is 10.2 Å². The first-order valence-corrected chi connectivity index (χ1v) is 4.59. The molecule has 6 nitrogen and oxygen atoms in total. The van der Waals surface area contributed by atoms with Crippen LogP contribution in [0.5, 0.6) is 0 Å². The molecule has 6 heteroatoms. The molecule has 0 radical (unpaired) electrons. The minimum absolute atomic E-state index is 0.460. The fourth-order valence-electron chi connectivity index (χ4n) is 0.925. The average molecular weight is 232 g/mol. The van der Waals surface area contributed by atoms with E-state index in [1.165, 1.54) is 20.8 Å². The second kappa shape index (κ2) is 4.63. The van der Waals surface area contributed by atoms with Gasteiger partial charge in [-0.1, -0.05) is 0 Å². The Bertz CT molecular complexity index is 321. The van der Waals surface area contributed by atoms with Crippen LogP contribution in [-0.4, -0.2) is 43.6 Å². The van der Waals surface area contributed by atoms with Crippen molar-refractivity contribution in [2.45, 2.75) is 38.4 Å². The first-order valence-electron chi connectivity index (χ1n) is 4.59. The van der Waals surface area contributed by atoms with Crippen LogP contribution in [0, 0.1) is 0 Å². The Morgan fingerprint density at radius 1 is 1.12 bits per heavy atom. The van der Waals surface area contributed by atoms with Gasteiger partial charge in [-0.25, -0.2) is 9.59 Å². The van der Waals surface area contributed by atoms with Crippen molar-refractivity contribution in [1.29, 1.82) is 0 Å². The van der Waals surface area contributed by atoms with Gasteiger partial charge in [0, 0.05) is 18.1 Å². The Balaban J connectivity index is 5.06. The summed E-state index contributed by atoms with van der Waals surface area (Å²) in [7, 11) is 0. The van der Waals surface area contributed by atoms with Crippen molar-refractivity contribution in [2.24, 2.45) is 0 Å². The zero-order valence-corrected chi connectivity index (χ0v) is 9.39. The number of carbonyl (C=O) groups is 2. The highest BCUT2D eigenvalue weighted by atomic mass is 16.4. The van der Waals surface area contributed by atoms with Gasteiger partial charge in [0.2, 0.25) is 0 Å². The van der Waals surface area contributed by atoms with Crippen LogP contribution >= 0.6 is 0 Å². The van der Waals surface area contributed by atoms with Crippen molar-refractivity contribution in [3.05, 3.63) is 11.6 Å². The maximum absolute atomic E-state index is 10.7. The topological polar surface area (TPSA) is 115 Å². The van der Waals surface area contributed by atoms with Gasteiger partial charge in [0.25, 0.3) is 0 Å². The average Bonchev–Trinajstić information content (AvgIpc) is 1.98. The number of carboxylic acids is 2. The molecule has 0 bridgehead atoms. The van der Waals surface area contributed by atoms with Crippen LogP contribution in [0.3, 0.4) is 0 Å². The highest BCUT2D eigenvalue weighted by molar-refractivity contribution is 5.94. The largest absolute Gasteiger partial charge is 0.478 e. The molecular weight excluding hydrogens is 216 g/mol. The molecule has 0 heterocycles. The van der Waals surface area contributed by atoms with Gasteiger partial charge in [-0.15, -0.1) is 0 Å². The van der Waals surface area contributed by atoms with Crippen LogP contribution in [0.15, 0.2) is 11.6 Å². The molecule has 0 rings (SSSR count). The fraction of sp³-hybridized carbons (Fsp3) is 0.600. The molecule has 1 atom stereocenters. The number of hydrogen-bond acceptors (Lipinski definition) is 4. The first kappa shape index (κ1) is 14.6. The van der Waals surface area contributed by atoms with Crippen molar-refractivity contribution in [2.75, 3.05) is 0 Å². The summed E-state index contributed by atoms with van der Waals surface area (Å²) in [5.74, 6) is -2.85. The summed E-state index contributed by atoms with van der Waals surface area (Å²) < 4.78 is 0. The quantitative estimate of drug-likeness (QED) is 0.496. The molecule has 0 aliphatic rings. The number of aliphatic carboxylic acids is 2. The summed E-state index contributed by atoms with van der Waals surface area (Å²) in [6.45, 7) is 3.87. The minimum atomic E-state index is -1.73. The molecular formula is C10H16O6. The van der Waals surface area contributed by atoms with Gasteiger partial charge in [0.1, 0.15) is 0 Å². The number of rotatable bonds is 5. The lowest BCUT2D eigenvalue weighted by atomic mass is 9.82. The maximum atomic E-state index is 10.7. The molecule has 0 fully saturated rings. The van der Waals surface area contributed by atoms with Gasteiger partial charge < -0.3 is 20.4 Å². The highest BCUT2D eigenvalue weighted by Crippen LogP contribution is 2.28.